The second kappa shape index (κ2) is 7.82. The Morgan fingerprint density at radius 1 is 1.27 bits per heavy atom. The van der Waals surface area contributed by atoms with E-state index < -0.39 is 5.91 Å². The first-order valence-corrected chi connectivity index (χ1v) is 9.29. The summed E-state index contributed by atoms with van der Waals surface area (Å²) in [5.74, 6) is 0.154. The lowest BCUT2D eigenvalue weighted by Crippen LogP contribution is -2.46. The number of carbonyl (C=O) groups is 1. The van der Waals surface area contributed by atoms with E-state index in [1.165, 1.54) is 6.20 Å². The molecule has 2 N–H and O–H groups in total. The number of piperazine rings is 1. The van der Waals surface area contributed by atoms with E-state index in [0.29, 0.717) is 21.6 Å². The fourth-order valence-electron chi connectivity index (χ4n) is 3.18. The van der Waals surface area contributed by atoms with Gasteiger partial charge in [0.1, 0.15) is 11.0 Å². The second-order valence-corrected chi connectivity index (χ2v) is 7.12. The molecule has 3 rings (SSSR count). The van der Waals surface area contributed by atoms with Crippen LogP contribution in [-0.2, 0) is 20.0 Å². The molecule has 140 valence electrons. The Bertz CT molecular complexity index is 814. The van der Waals surface area contributed by atoms with Crippen molar-refractivity contribution in [3.8, 4) is 0 Å². The maximum Gasteiger partial charge on any atom is 0.250 e. The van der Waals surface area contributed by atoms with E-state index in [2.05, 4.69) is 26.8 Å². The molecule has 1 fully saturated rings. The second-order valence-electron chi connectivity index (χ2n) is 6.35. The van der Waals surface area contributed by atoms with Crippen LogP contribution in [0.25, 0.3) is 0 Å². The lowest BCUT2D eigenvalue weighted by Gasteiger charge is -2.35. The zero-order valence-electron chi connectivity index (χ0n) is 14.9. The van der Waals surface area contributed by atoms with Gasteiger partial charge in [-0.3, -0.25) is 14.4 Å². The number of amides is 1. The van der Waals surface area contributed by atoms with Crippen molar-refractivity contribution in [2.24, 2.45) is 12.8 Å². The molecule has 3 heterocycles. The average Bonchev–Trinajstić information content (AvgIpc) is 2.90. The molecular formula is C17H22Cl2N6O. The Kier molecular flexibility index (Phi) is 5.70. The fourth-order valence-corrected chi connectivity index (χ4v) is 3.67. The Morgan fingerprint density at radius 3 is 2.54 bits per heavy atom. The molecule has 2 aromatic heterocycles. The highest BCUT2D eigenvalue weighted by atomic mass is 35.5. The number of pyridine rings is 1. The van der Waals surface area contributed by atoms with Gasteiger partial charge in [0.2, 0.25) is 5.91 Å². The quantitative estimate of drug-likeness (QED) is 0.836. The van der Waals surface area contributed by atoms with E-state index in [1.54, 1.807) is 10.7 Å². The summed E-state index contributed by atoms with van der Waals surface area (Å²) in [5.41, 5.74) is 7.73. The normalized spacial score (nSPS) is 15.5. The highest BCUT2D eigenvalue weighted by Gasteiger charge is 2.23. The van der Waals surface area contributed by atoms with Crippen LogP contribution in [0.2, 0.25) is 10.2 Å². The van der Waals surface area contributed by atoms with Crippen molar-refractivity contribution in [1.29, 1.82) is 0 Å². The number of anilines is 1. The lowest BCUT2D eigenvalue weighted by molar-refractivity contribution is 0.1000. The molecule has 0 aromatic carbocycles. The summed E-state index contributed by atoms with van der Waals surface area (Å²) < 4.78 is 1.73. The number of carbonyl (C=O) groups excluding carboxylic acids is 1. The summed E-state index contributed by atoms with van der Waals surface area (Å²) >= 11 is 12.7. The highest BCUT2D eigenvalue weighted by molar-refractivity contribution is 6.33. The maximum atomic E-state index is 11.2. The Morgan fingerprint density at radius 2 is 1.96 bits per heavy atom. The van der Waals surface area contributed by atoms with E-state index in [-0.39, 0.29) is 0 Å². The number of primary amides is 1. The van der Waals surface area contributed by atoms with Crippen LogP contribution in [0.4, 0.5) is 5.82 Å². The third-order valence-electron chi connectivity index (χ3n) is 4.65. The van der Waals surface area contributed by atoms with Gasteiger partial charge in [-0.25, -0.2) is 4.98 Å². The molecule has 0 radical (unpaired) electrons. The van der Waals surface area contributed by atoms with Crippen LogP contribution < -0.4 is 10.6 Å². The zero-order chi connectivity index (χ0) is 18.8. The standard InChI is InChI=1S/C17H22Cl2N6O/c1-3-14-12(15(19)23(2)22-14)10-24-4-6-25(7-5-24)17-13(18)8-11(9-21-17)16(20)26/h8-9H,3-7,10H2,1-2H3,(H2,20,26). The van der Waals surface area contributed by atoms with Gasteiger partial charge < -0.3 is 10.6 Å². The molecule has 7 nitrogen and oxygen atoms in total. The van der Waals surface area contributed by atoms with Crippen molar-refractivity contribution < 1.29 is 4.79 Å². The number of aryl methyl sites for hydroxylation is 2. The van der Waals surface area contributed by atoms with E-state index in [1.807, 2.05) is 7.05 Å². The first-order chi connectivity index (χ1) is 12.4. The van der Waals surface area contributed by atoms with Crippen LogP contribution in [-0.4, -0.2) is 51.8 Å². The smallest absolute Gasteiger partial charge is 0.250 e. The molecule has 9 heteroatoms. The molecule has 2 aromatic rings. The number of hydrogen-bond acceptors (Lipinski definition) is 5. The lowest BCUT2D eigenvalue weighted by atomic mass is 10.2. The molecule has 1 aliphatic heterocycles. The third kappa shape index (κ3) is 3.79. The third-order valence-corrected chi connectivity index (χ3v) is 5.40. The predicted molar refractivity (Wildman–Crippen MR) is 103 cm³/mol. The monoisotopic (exact) mass is 396 g/mol. The van der Waals surface area contributed by atoms with Gasteiger partial charge in [-0.1, -0.05) is 30.1 Å². The largest absolute Gasteiger partial charge is 0.366 e. The van der Waals surface area contributed by atoms with Crippen molar-refractivity contribution in [3.63, 3.8) is 0 Å². The number of nitrogens with two attached hydrogens (primary N) is 1. The van der Waals surface area contributed by atoms with E-state index in [0.717, 1.165) is 50.4 Å². The summed E-state index contributed by atoms with van der Waals surface area (Å²) in [7, 11) is 1.87. The Balaban J connectivity index is 1.66. The minimum absolute atomic E-state index is 0.315. The molecular weight excluding hydrogens is 375 g/mol. The number of hydrogen-bond donors (Lipinski definition) is 1. The molecule has 0 unspecified atom stereocenters. The number of aromatic nitrogens is 3. The molecule has 1 aliphatic rings. The Hall–Kier alpha value is -1.83. The molecule has 0 bridgehead atoms. The van der Waals surface area contributed by atoms with Crippen LogP contribution in [0.3, 0.4) is 0 Å². The predicted octanol–water partition coefficient (Wildman–Crippen LogP) is 2.11. The molecule has 1 saturated heterocycles. The minimum Gasteiger partial charge on any atom is -0.366 e. The van der Waals surface area contributed by atoms with Gasteiger partial charge in [0.15, 0.2) is 0 Å². The van der Waals surface area contributed by atoms with E-state index in [9.17, 15) is 4.79 Å². The van der Waals surface area contributed by atoms with Gasteiger partial charge in [-0.15, -0.1) is 0 Å². The summed E-state index contributed by atoms with van der Waals surface area (Å²) in [4.78, 5) is 20.0. The molecule has 0 atom stereocenters. The van der Waals surface area contributed by atoms with Gasteiger partial charge in [-0.2, -0.15) is 5.10 Å². The zero-order valence-corrected chi connectivity index (χ0v) is 16.4. The molecule has 26 heavy (non-hydrogen) atoms. The first kappa shape index (κ1) is 18.9. The summed E-state index contributed by atoms with van der Waals surface area (Å²) in [6, 6.07) is 1.57. The maximum absolute atomic E-state index is 11.2. The number of rotatable bonds is 5. The van der Waals surface area contributed by atoms with Crippen molar-refractivity contribution in [2.45, 2.75) is 19.9 Å². The topological polar surface area (TPSA) is 80.3 Å². The van der Waals surface area contributed by atoms with Crippen molar-refractivity contribution >= 4 is 34.9 Å². The minimum atomic E-state index is -0.532. The van der Waals surface area contributed by atoms with Crippen LogP contribution in [0.5, 0.6) is 0 Å². The van der Waals surface area contributed by atoms with Crippen LogP contribution in [0.1, 0.15) is 28.5 Å². The van der Waals surface area contributed by atoms with Gasteiger partial charge in [0.05, 0.1) is 16.3 Å². The van der Waals surface area contributed by atoms with Crippen LogP contribution in [0.15, 0.2) is 12.3 Å². The molecule has 0 saturated carbocycles. The van der Waals surface area contributed by atoms with Gasteiger partial charge >= 0.3 is 0 Å². The summed E-state index contributed by atoms with van der Waals surface area (Å²) in [6.07, 6.45) is 2.33. The Labute approximate surface area is 162 Å². The molecule has 0 spiro atoms. The average molecular weight is 397 g/mol. The van der Waals surface area contributed by atoms with E-state index in [4.69, 9.17) is 28.9 Å². The fraction of sp³-hybridized carbons (Fsp3) is 0.471. The van der Waals surface area contributed by atoms with Gasteiger partial charge in [-0.05, 0) is 12.5 Å². The number of nitrogens with zero attached hydrogens (tertiary/aromatic N) is 5. The van der Waals surface area contributed by atoms with Gasteiger partial charge in [0, 0.05) is 51.5 Å². The highest BCUT2D eigenvalue weighted by Crippen LogP contribution is 2.26. The molecule has 0 aliphatic carbocycles. The SMILES string of the molecule is CCc1nn(C)c(Cl)c1CN1CCN(c2ncc(C(N)=O)cc2Cl)CC1. The van der Waals surface area contributed by atoms with Gasteiger partial charge in [0.25, 0.3) is 0 Å². The van der Waals surface area contributed by atoms with E-state index >= 15 is 0 Å². The molecule has 1 amide bonds. The first-order valence-electron chi connectivity index (χ1n) is 8.53. The summed E-state index contributed by atoms with van der Waals surface area (Å²) in [5, 5.41) is 5.62. The van der Waals surface area contributed by atoms with Crippen LogP contribution >= 0.6 is 23.2 Å². The number of halogens is 2. The van der Waals surface area contributed by atoms with Crippen molar-refractivity contribution in [2.75, 3.05) is 31.1 Å². The van der Waals surface area contributed by atoms with Crippen LogP contribution in [0, 0.1) is 0 Å². The van der Waals surface area contributed by atoms with Crippen molar-refractivity contribution in [1.82, 2.24) is 19.7 Å². The van der Waals surface area contributed by atoms with Crippen molar-refractivity contribution in [3.05, 3.63) is 39.3 Å². The summed E-state index contributed by atoms with van der Waals surface area (Å²) in [6.45, 7) is 6.19.